The smallest absolute Gasteiger partial charge is 0.223 e. The molecule has 0 bridgehead atoms. The van der Waals surface area contributed by atoms with Gasteiger partial charge >= 0.3 is 0 Å². The Labute approximate surface area is 167 Å². The minimum Gasteiger partial charge on any atom is -0.356 e. The van der Waals surface area contributed by atoms with E-state index < -0.39 is 9.84 Å². The zero-order chi connectivity index (χ0) is 17.2. The number of nitrogens with one attached hydrogen (secondary N) is 1. The summed E-state index contributed by atoms with van der Waals surface area (Å²) >= 11 is 0. The van der Waals surface area contributed by atoms with E-state index in [0.717, 1.165) is 51.4 Å². The summed E-state index contributed by atoms with van der Waals surface area (Å²) in [7, 11) is -2.85. The minimum absolute atomic E-state index is 0. The van der Waals surface area contributed by atoms with Gasteiger partial charge in [0.25, 0.3) is 0 Å². The number of guanidine groups is 1. The van der Waals surface area contributed by atoms with Gasteiger partial charge in [0.05, 0.1) is 11.5 Å². The zero-order valence-corrected chi connectivity index (χ0v) is 18.0. The first-order valence-corrected chi connectivity index (χ1v) is 10.8. The largest absolute Gasteiger partial charge is 0.356 e. The zero-order valence-electron chi connectivity index (χ0n) is 14.8. The number of rotatable bonds is 4. The lowest BCUT2D eigenvalue weighted by molar-refractivity contribution is -0.130. The molecule has 0 aliphatic carbocycles. The summed E-state index contributed by atoms with van der Waals surface area (Å²) < 4.78 is 23.2. The Morgan fingerprint density at radius 3 is 2.80 bits per heavy atom. The Kier molecular flexibility index (Phi) is 7.36. The molecule has 3 fully saturated rings. The molecule has 0 spiro atoms. The average Bonchev–Trinajstić information content (AvgIpc) is 3.10. The van der Waals surface area contributed by atoms with Gasteiger partial charge in [0.15, 0.2) is 15.8 Å². The molecule has 0 radical (unpaired) electrons. The Balaban J connectivity index is 0.00000225. The molecule has 25 heavy (non-hydrogen) atoms. The van der Waals surface area contributed by atoms with Gasteiger partial charge in [0.1, 0.15) is 0 Å². The lowest BCUT2D eigenvalue weighted by Crippen LogP contribution is -2.56. The number of amides is 1. The fourth-order valence-corrected chi connectivity index (χ4v) is 5.64. The van der Waals surface area contributed by atoms with Crippen molar-refractivity contribution in [3.05, 3.63) is 0 Å². The number of hydrogen-bond donors (Lipinski definition) is 1. The number of carbonyl (C=O) groups is 1. The van der Waals surface area contributed by atoms with Crippen molar-refractivity contribution in [1.29, 1.82) is 0 Å². The summed E-state index contributed by atoms with van der Waals surface area (Å²) in [5.41, 5.74) is 0. The van der Waals surface area contributed by atoms with Crippen molar-refractivity contribution in [3.8, 4) is 0 Å². The van der Waals surface area contributed by atoms with Crippen LogP contribution < -0.4 is 5.32 Å². The van der Waals surface area contributed by atoms with Crippen LogP contribution in [0.25, 0.3) is 0 Å². The molecule has 0 aromatic rings. The van der Waals surface area contributed by atoms with Crippen molar-refractivity contribution < 1.29 is 13.2 Å². The maximum Gasteiger partial charge on any atom is 0.223 e. The van der Waals surface area contributed by atoms with E-state index in [9.17, 15) is 13.2 Å². The third-order valence-electron chi connectivity index (χ3n) is 5.15. The number of piperazine rings is 1. The van der Waals surface area contributed by atoms with Gasteiger partial charge in [-0.2, -0.15) is 0 Å². The minimum atomic E-state index is -2.85. The maximum absolute atomic E-state index is 11.8. The van der Waals surface area contributed by atoms with Gasteiger partial charge in [-0.05, 0) is 25.2 Å². The highest BCUT2D eigenvalue weighted by Gasteiger charge is 2.36. The molecule has 1 amide bonds. The topological polar surface area (TPSA) is 82.1 Å². The number of fused-ring (bicyclic) bond motifs is 1. The molecule has 1 N–H and O–H groups in total. The number of carbonyl (C=O) groups excluding carboxylic acids is 1. The first kappa shape index (κ1) is 20.7. The molecular weight excluding hydrogens is 455 g/mol. The van der Waals surface area contributed by atoms with Crippen LogP contribution in [0.15, 0.2) is 4.99 Å². The van der Waals surface area contributed by atoms with Crippen LogP contribution in [0.5, 0.6) is 0 Å². The number of hydrogen-bond acceptors (Lipinski definition) is 4. The predicted molar refractivity (Wildman–Crippen MR) is 109 cm³/mol. The lowest BCUT2D eigenvalue weighted by atomic mass is 10.1. The Bertz CT molecular complexity index is 611. The molecule has 3 aliphatic rings. The van der Waals surface area contributed by atoms with E-state index >= 15 is 0 Å². The molecule has 2 unspecified atom stereocenters. The van der Waals surface area contributed by atoms with Crippen LogP contribution in [0.3, 0.4) is 0 Å². The van der Waals surface area contributed by atoms with Gasteiger partial charge in [-0.1, -0.05) is 6.92 Å². The summed E-state index contributed by atoms with van der Waals surface area (Å²) in [6, 6.07) is 0.298. The SMILES string of the molecule is CCCNC(=NCC1CCS(=O)(=O)C1)N1CCN2C(=O)CCC2C1.I. The molecule has 0 aromatic carbocycles. The van der Waals surface area contributed by atoms with Crippen molar-refractivity contribution in [2.24, 2.45) is 10.9 Å². The van der Waals surface area contributed by atoms with Crippen LogP contribution in [0, 0.1) is 5.92 Å². The van der Waals surface area contributed by atoms with Crippen molar-refractivity contribution >= 4 is 45.7 Å². The average molecular weight is 484 g/mol. The van der Waals surface area contributed by atoms with Gasteiger partial charge in [-0.3, -0.25) is 9.79 Å². The third kappa shape index (κ3) is 5.21. The van der Waals surface area contributed by atoms with Crippen LogP contribution >= 0.6 is 24.0 Å². The van der Waals surface area contributed by atoms with E-state index in [-0.39, 0.29) is 41.6 Å². The summed E-state index contributed by atoms with van der Waals surface area (Å²) in [5.74, 6) is 1.86. The van der Waals surface area contributed by atoms with E-state index in [4.69, 9.17) is 4.99 Å². The monoisotopic (exact) mass is 484 g/mol. The summed E-state index contributed by atoms with van der Waals surface area (Å²) in [6.07, 6.45) is 3.32. The van der Waals surface area contributed by atoms with E-state index in [2.05, 4.69) is 17.1 Å². The number of sulfone groups is 1. The molecular formula is C16H29IN4O3S. The fourth-order valence-electron chi connectivity index (χ4n) is 3.79. The molecule has 3 rings (SSSR count). The quantitative estimate of drug-likeness (QED) is 0.361. The van der Waals surface area contributed by atoms with Gasteiger partial charge in [-0.25, -0.2) is 8.42 Å². The summed E-state index contributed by atoms with van der Waals surface area (Å²) in [5, 5.41) is 3.40. The molecule has 144 valence electrons. The van der Waals surface area contributed by atoms with Gasteiger partial charge in [0.2, 0.25) is 5.91 Å². The molecule has 7 nitrogen and oxygen atoms in total. The Hall–Kier alpha value is -0.580. The fraction of sp³-hybridized carbons (Fsp3) is 0.875. The second kappa shape index (κ2) is 8.88. The highest BCUT2D eigenvalue weighted by Crippen LogP contribution is 2.23. The van der Waals surface area contributed by atoms with Crippen LogP contribution in [-0.2, 0) is 14.6 Å². The molecule has 0 aromatic heterocycles. The van der Waals surface area contributed by atoms with Crippen molar-refractivity contribution in [1.82, 2.24) is 15.1 Å². The molecule has 9 heteroatoms. The third-order valence-corrected chi connectivity index (χ3v) is 6.99. The Morgan fingerprint density at radius 1 is 1.32 bits per heavy atom. The first-order chi connectivity index (χ1) is 11.5. The predicted octanol–water partition coefficient (Wildman–Crippen LogP) is 0.701. The second-order valence-electron chi connectivity index (χ2n) is 7.09. The lowest BCUT2D eigenvalue weighted by Gasteiger charge is -2.39. The van der Waals surface area contributed by atoms with Crippen LogP contribution in [-0.4, -0.2) is 80.4 Å². The molecule has 3 saturated heterocycles. The van der Waals surface area contributed by atoms with Crippen LogP contribution in [0.4, 0.5) is 0 Å². The Morgan fingerprint density at radius 2 is 2.12 bits per heavy atom. The number of nitrogens with zero attached hydrogens (tertiary/aromatic N) is 3. The molecule has 3 aliphatic heterocycles. The maximum atomic E-state index is 11.8. The second-order valence-corrected chi connectivity index (χ2v) is 9.31. The van der Waals surface area contributed by atoms with Gasteiger partial charge in [-0.15, -0.1) is 24.0 Å². The van der Waals surface area contributed by atoms with E-state index in [1.807, 2.05) is 4.90 Å². The van der Waals surface area contributed by atoms with Gasteiger partial charge in [0, 0.05) is 45.2 Å². The van der Waals surface area contributed by atoms with Crippen LogP contribution in [0.2, 0.25) is 0 Å². The highest BCUT2D eigenvalue weighted by atomic mass is 127. The number of halogens is 1. The normalized spacial score (nSPS) is 28.7. The standard InChI is InChI=1S/C16H28N4O3S.HI/c1-2-6-17-16(18-10-13-5-9-24(22,23)12-13)19-7-8-20-14(11-19)3-4-15(20)21;/h13-14H,2-12H2,1H3,(H,17,18);1H. The number of aliphatic imine (C=N–C) groups is 1. The van der Waals surface area contributed by atoms with Gasteiger partial charge < -0.3 is 15.1 Å². The molecule has 3 heterocycles. The highest BCUT2D eigenvalue weighted by molar-refractivity contribution is 14.0. The molecule has 2 atom stereocenters. The summed E-state index contributed by atoms with van der Waals surface area (Å²) in [6.45, 7) is 5.90. The van der Waals surface area contributed by atoms with Crippen LogP contribution in [0.1, 0.15) is 32.6 Å². The van der Waals surface area contributed by atoms with E-state index in [1.165, 1.54) is 0 Å². The summed E-state index contributed by atoms with van der Waals surface area (Å²) in [4.78, 5) is 20.8. The van der Waals surface area contributed by atoms with E-state index in [1.54, 1.807) is 0 Å². The molecule has 0 saturated carbocycles. The first-order valence-electron chi connectivity index (χ1n) is 9.01. The van der Waals surface area contributed by atoms with E-state index in [0.29, 0.717) is 24.8 Å². The van der Waals surface area contributed by atoms with Crippen molar-refractivity contribution in [3.63, 3.8) is 0 Å². The van der Waals surface area contributed by atoms with Crippen molar-refractivity contribution in [2.75, 3.05) is 44.2 Å². The van der Waals surface area contributed by atoms with Crippen molar-refractivity contribution in [2.45, 2.75) is 38.6 Å².